The number of likely N-dealkylation sites (tertiary alicyclic amines) is 1. The van der Waals surface area contributed by atoms with Crippen LogP contribution in [-0.2, 0) is 14.3 Å². The predicted molar refractivity (Wildman–Crippen MR) is 53.4 cm³/mol. The van der Waals surface area contributed by atoms with Crippen LogP contribution in [0.15, 0.2) is 0 Å². The number of hydrogen-bond donors (Lipinski definition) is 1. The highest BCUT2D eigenvalue weighted by Crippen LogP contribution is 2.21. The average Bonchev–Trinajstić information content (AvgIpc) is 2.17. The second kappa shape index (κ2) is 5.11. The number of ether oxygens (including phenoxy) is 1. The van der Waals surface area contributed by atoms with Crippen molar-refractivity contribution >= 4 is 11.9 Å². The smallest absolute Gasteiger partial charge is 0.326 e. The third kappa shape index (κ3) is 2.92. The molecule has 5 nitrogen and oxygen atoms in total. The summed E-state index contributed by atoms with van der Waals surface area (Å²) in [5.74, 6) is -0.802. The number of carbonyl (C=O) groups excluding carboxylic acids is 1. The summed E-state index contributed by atoms with van der Waals surface area (Å²) in [5, 5.41) is 8.98. The fraction of sp³-hybridized carbons (Fsp3) is 0.800. The van der Waals surface area contributed by atoms with Gasteiger partial charge in [0.05, 0.1) is 0 Å². The maximum Gasteiger partial charge on any atom is 0.326 e. The molecule has 1 aliphatic heterocycles. The fourth-order valence-corrected chi connectivity index (χ4v) is 1.89. The van der Waals surface area contributed by atoms with Crippen LogP contribution in [0.4, 0.5) is 0 Å². The Labute approximate surface area is 89.0 Å². The van der Waals surface area contributed by atoms with Gasteiger partial charge < -0.3 is 14.7 Å². The Kier molecular flexibility index (Phi) is 4.08. The minimum atomic E-state index is -0.925. The van der Waals surface area contributed by atoms with Gasteiger partial charge in [-0.1, -0.05) is 6.92 Å². The molecule has 1 amide bonds. The highest BCUT2D eigenvalue weighted by molar-refractivity contribution is 5.84. The second-order valence-electron chi connectivity index (χ2n) is 4.02. The number of carboxylic acids is 1. The van der Waals surface area contributed by atoms with E-state index in [0.29, 0.717) is 18.9 Å². The number of amides is 1. The summed E-state index contributed by atoms with van der Waals surface area (Å²) in [6.45, 7) is 2.49. The van der Waals surface area contributed by atoms with Crippen LogP contribution in [0.5, 0.6) is 0 Å². The van der Waals surface area contributed by atoms with Crippen molar-refractivity contribution in [3.8, 4) is 0 Å². The van der Waals surface area contributed by atoms with Crippen LogP contribution >= 0.6 is 0 Å². The monoisotopic (exact) mass is 215 g/mol. The lowest BCUT2D eigenvalue weighted by atomic mass is 9.94. The second-order valence-corrected chi connectivity index (χ2v) is 4.02. The summed E-state index contributed by atoms with van der Waals surface area (Å²) in [4.78, 5) is 24.0. The van der Waals surface area contributed by atoms with Gasteiger partial charge in [-0.25, -0.2) is 4.79 Å². The summed E-state index contributed by atoms with van der Waals surface area (Å²) >= 11 is 0. The van der Waals surface area contributed by atoms with Crippen molar-refractivity contribution < 1.29 is 19.4 Å². The predicted octanol–water partition coefficient (Wildman–Crippen LogP) is 0.344. The van der Waals surface area contributed by atoms with Crippen LogP contribution in [0.1, 0.15) is 19.8 Å². The Bertz CT molecular complexity index is 254. The molecule has 5 heteroatoms. The van der Waals surface area contributed by atoms with E-state index in [1.54, 1.807) is 0 Å². The van der Waals surface area contributed by atoms with Crippen LogP contribution in [0, 0.1) is 5.92 Å². The highest BCUT2D eigenvalue weighted by atomic mass is 16.5. The van der Waals surface area contributed by atoms with Crippen molar-refractivity contribution in [3.63, 3.8) is 0 Å². The summed E-state index contributed by atoms with van der Waals surface area (Å²) in [5.41, 5.74) is 0. The van der Waals surface area contributed by atoms with Gasteiger partial charge in [0, 0.05) is 13.7 Å². The molecule has 0 aromatic carbocycles. The highest BCUT2D eigenvalue weighted by Gasteiger charge is 2.34. The number of aliphatic carboxylic acids is 1. The largest absolute Gasteiger partial charge is 0.480 e. The molecule has 0 saturated carbocycles. The van der Waals surface area contributed by atoms with E-state index in [-0.39, 0.29) is 12.5 Å². The first kappa shape index (κ1) is 12.0. The molecule has 15 heavy (non-hydrogen) atoms. The Morgan fingerprint density at radius 1 is 1.47 bits per heavy atom. The lowest BCUT2D eigenvalue weighted by Crippen LogP contribution is -2.51. The number of rotatable bonds is 3. The molecule has 0 spiro atoms. The number of piperidine rings is 1. The van der Waals surface area contributed by atoms with Crippen LogP contribution < -0.4 is 0 Å². The minimum Gasteiger partial charge on any atom is -0.480 e. The SMILES string of the molecule is COCC(=O)N1CC(C)CCC1C(=O)O. The molecule has 0 aromatic rings. The van der Waals surface area contributed by atoms with Crippen LogP contribution in [0.2, 0.25) is 0 Å². The zero-order chi connectivity index (χ0) is 11.4. The molecule has 0 aliphatic carbocycles. The molecule has 1 aliphatic rings. The van der Waals surface area contributed by atoms with Gasteiger partial charge in [-0.05, 0) is 18.8 Å². The van der Waals surface area contributed by atoms with E-state index >= 15 is 0 Å². The first-order valence-electron chi connectivity index (χ1n) is 5.07. The molecule has 2 atom stereocenters. The summed E-state index contributed by atoms with van der Waals surface area (Å²) in [6, 6.07) is -0.677. The quantitative estimate of drug-likeness (QED) is 0.737. The Morgan fingerprint density at radius 2 is 2.13 bits per heavy atom. The molecular formula is C10H17NO4. The number of carbonyl (C=O) groups is 2. The van der Waals surface area contributed by atoms with Crippen LogP contribution in [-0.4, -0.2) is 48.2 Å². The third-order valence-electron chi connectivity index (χ3n) is 2.69. The molecule has 1 heterocycles. The van der Waals surface area contributed by atoms with Crippen molar-refractivity contribution in [3.05, 3.63) is 0 Å². The van der Waals surface area contributed by atoms with E-state index in [9.17, 15) is 9.59 Å². The molecule has 2 unspecified atom stereocenters. The Balaban J connectivity index is 2.69. The lowest BCUT2D eigenvalue weighted by Gasteiger charge is -2.36. The average molecular weight is 215 g/mol. The first-order valence-corrected chi connectivity index (χ1v) is 5.07. The van der Waals surface area contributed by atoms with Crippen molar-refractivity contribution in [2.45, 2.75) is 25.8 Å². The zero-order valence-electron chi connectivity index (χ0n) is 9.10. The van der Waals surface area contributed by atoms with E-state index < -0.39 is 12.0 Å². The fourth-order valence-electron chi connectivity index (χ4n) is 1.89. The molecular weight excluding hydrogens is 198 g/mol. The van der Waals surface area contributed by atoms with Crippen molar-refractivity contribution in [1.82, 2.24) is 4.90 Å². The summed E-state index contributed by atoms with van der Waals surface area (Å²) in [7, 11) is 1.43. The Hall–Kier alpha value is -1.10. The van der Waals surface area contributed by atoms with Crippen LogP contribution in [0.25, 0.3) is 0 Å². The van der Waals surface area contributed by atoms with Gasteiger partial charge >= 0.3 is 5.97 Å². The third-order valence-corrected chi connectivity index (χ3v) is 2.69. The van der Waals surface area contributed by atoms with Gasteiger partial charge in [-0.15, -0.1) is 0 Å². The normalized spacial score (nSPS) is 26.4. The molecule has 0 bridgehead atoms. The minimum absolute atomic E-state index is 0.0451. The van der Waals surface area contributed by atoms with E-state index in [1.165, 1.54) is 12.0 Å². The molecule has 1 rings (SSSR count). The molecule has 1 saturated heterocycles. The van der Waals surface area contributed by atoms with E-state index in [0.717, 1.165) is 6.42 Å². The lowest BCUT2D eigenvalue weighted by molar-refractivity contribution is -0.154. The van der Waals surface area contributed by atoms with Crippen molar-refractivity contribution in [2.24, 2.45) is 5.92 Å². The number of hydrogen-bond acceptors (Lipinski definition) is 3. The molecule has 0 radical (unpaired) electrons. The zero-order valence-corrected chi connectivity index (χ0v) is 9.10. The van der Waals surface area contributed by atoms with Crippen molar-refractivity contribution in [2.75, 3.05) is 20.3 Å². The van der Waals surface area contributed by atoms with Gasteiger partial charge in [0.25, 0.3) is 0 Å². The van der Waals surface area contributed by atoms with Gasteiger partial charge in [-0.3, -0.25) is 4.79 Å². The molecule has 1 fully saturated rings. The summed E-state index contributed by atoms with van der Waals surface area (Å²) < 4.78 is 4.74. The Morgan fingerprint density at radius 3 is 2.67 bits per heavy atom. The summed E-state index contributed by atoms with van der Waals surface area (Å²) in [6.07, 6.45) is 1.39. The molecule has 86 valence electrons. The van der Waals surface area contributed by atoms with E-state index in [4.69, 9.17) is 9.84 Å². The van der Waals surface area contributed by atoms with Gasteiger partial charge in [0.15, 0.2) is 0 Å². The van der Waals surface area contributed by atoms with E-state index in [2.05, 4.69) is 0 Å². The number of carboxylic acid groups (broad SMARTS) is 1. The van der Waals surface area contributed by atoms with Gasteiger partial charge in [0.1, 0.15) is 12.6 Å². The molecule has 1 N–H and O–H groups in total. The first-order chi connectivity index (χ1) is 7.06. The van der Waals surface area contributed by atoms with Crippen molar-refractivity contribution in [1.29, 1.82) is 0 Å². The maximum atomic E-state index is 11.6. The number of methoxy groups -OCH3 is 1. The van der Waals surface area contributed by atoms with Gasteiger partial charge in [-0.2, -0.15) is 0 Å². The maximum absolute atomic E-state index is 11.6. The molecule has 0 aromatic heterocycles. The van der Waals surface area contributed by atoms with Gasteiger partial charge in [0.2, 0.25) is 5.91 Å². The topological polar surface area (TPSA) is 66.8 Å². The standard InChI is InChI=1S/C10H17NO4/c1-7-3-4-8(10(13)14)11(5-7)9(12)6-15-2/h7-8H,3-6H2,1-2H3,(H,13,14). The van der Waals surface area contributed by atoms with E-state index in [1.807, 2.05) is 6.92 Å². The van der Waals surface area contributed by atoms with Crippen LogP contribution in [0.3, 0.4) is 0 Å². The number of nitrogens with zero attached hydrogens (tertiary/aromatic N) is 1.